The van der Waals surface area contributed by atoms with E-state index < -0.39 is 30.0 Å². The highest BCUT2D eigenvalue weighted by Gasteiger charge is 2.29. The van der Waals surface area contributed by atoms with Gasteiger partial charge in [-0.1, -0.05) is 6.42 Å². The number of hydrogen-bond acceptors (Lipinski definition) is 8. The van der Waals surface area contributed by atoms with Crippen LogP contribution in [0.25, 0.3) is 0 Å². The summed E-state index contributed by atoms with van der Waals surface area (Å²) in [6.07, 6.45) is 2.25. The number of aromatic nitrogens is 2. The quantitative estimate of drug-likeness (QED) is 0.297. The number of nitrogen functional groups attached to an aromatic ring is 1. The number of nitrogens with one attached hydrogen (secondary N) is 2. The summed E-state index contributed by atoms with van der Waals surface area (Å²) in [5, 5.41) is 33.6. The van der Waals surface area contributed by atoms with E-state index in [1.54, 1.807) is 0 Å². The Hall–Kier alpha value is -2.95. The van der Waals surface area contributed by atoms with Gasteiger partial charge in [0.05, 0.1) is 6.10 Å². The fraction of sp³-hybridized carbons (Fsp3) is 0.588. The maximum atomic E-state index is 11.9. The molecular weight excluding hydrogens is 370 g/mol. The van der Waals surface area contributed by atoms with Crippen LogP contribution in [0, 0.1) is 5.92 Å². The van der Waals surface area contributed by atoms with Gasteiger partial charge in [0.25, 0.3) is 0 Å². The number of amides is 1. The average molecular weight is 395 g/mol. The third-order valence-corrected chi connectivity index (χ3v) is 4.64. The summed E-state index contributed by atoms with van der Waals surface area (Å²) in [5.41, 5.74) is 6.12. The number of carbonyl (C=O) groups excluding carboxylic acids is 1. The SMILES string of the molecule is Nc1ncc2c(n1)NCC(CCCCC(=O)N[C@@H](CCC(=O)O)C(=O)O)[C@H]2O. The number of aliphatic hydroxyl groups is 1. The van der Waals surface area contributed by atoms with Gasteiger partial charge in [-0.05, 0) is 19.3 Å². The molecule has 0 radical (unpaired) electrons. The molecule has 28 heavy (non-hydrogen) atoms. The molecule has 1 aliphatic rings. The summed E-state index contributed by atoms with van der Waals surface area (Å²) in [6, 6.07) is -1.21. The molecule has 0 bridgehead atoms. The van der Waals surface area contributed by atoms with Crippen LogP contribution in [-0.2, 0) is 14.4 Å². The molecule has 0 saturated carbocycles. The predicted molar refractivity (Wildman–Crippen MR) is 98.3 cm³/mol. The fourth-order valence-electron chi connectivity index (χ4n) is 3.10. The first-order valence-electron chi connectivity index (χ1n) is 9.06. The Kier molecular flexibility index (Phi) is 7.50. The smallest absolute Gasteiger partial charge is 0.326 e. The molecule has 3 atom stereocenters. The van der Waals surface area contributed by atoms with Gasteiger partial charge in [-0.25, -0.2) is 9.78 Å². The van der Waals surface area contributed by atoms with E-state index in [2.05, 4.69) is 20.6 Å². The highest BCUT2D eigenvalue weighted by molar-refractivity contribution is 5.83. The van der Waals surface area contributed by atoms with Gasteiger partial charge in [0.15, 0.2) is 0 Å². The van der Waals surface area contributed by atoms with Gasteiger partial charge in [-0.2, -0.15) is 4.98 Å². The van der Waals surface area contributed by atoms with Crippen LogP contribution < -0.4 is 16.4 Å². The van der Waals surface area contributed by atoms with Gasteiger partial charge in [-0.3, -0.25) is 9.59 Å². The molecule has 0 spiro atoms. The summed E-state index contributed by atoms with van der Waals surface area (Å²) in [6.45, 7) is 0.521. The molecule has 1 aromatic heterocycles. The number of rotatable bonds is 10. The number of carbonyl (C=O) groups is 3. The number of unbranched alkanes of at least 4 members (excludes halogenated alkanes) is 1. The Morgan fingerprint density at radius 2 is 2.04 bits per heavy atom. The van der Waals surface area contributed by atoms with Crippen molar-refractivity contribution < 1.29 is 29.7 Å². The molecule has 0 aromatic carbocycles. The zero-order valence-electron chi connectivity index (χ0n) is 15.3. The number of aliphatic carboxylic acids is 2. The maximum absolute atomic E-state index is 11.9. The van der Waals surface area contributed by atoms with Gasteiger partial charge >= 0.3 is 11.9 Å². The molecule has 1 amide bonds. The normalized spacial score (nSPS) is 19.2. The predicted octanol–water partition coefficient (Wildman–Crippen LogP) is 0.129. The minimum atomic E-state index is -1.26. The lowest BCUT2D eigenvalue weighted by atomic mass is 9.89. The van der Waals surface area contributed by atoms with Crippen LogP contribution in [0.15, 0.2) is 6.20 Å². The topological polar surface area (TPSA) is 188 Å². The van der Waals surface area contributed by atoms with Crippen LogP contribution in [0.3, 0.4) is 0 Å². The molecule has 2 heterocycles. The van der Waals surface area contributed by atoms with E-state index in [1.807, 2.05) is 0 Å². The number of fused-ring (bicyclic) bond motifs is 1. The Labute approximate surface area is 161 Å². The molecule has 1 aliphatic heterocycles. The minimum absolute atomic E-state index is 0.0647. The summed E-state index contributed by atoms with van der Waals surface area (Å²) in [7, 11) is 0. The molecule has 1 aromatic rings. The second kappa shape index (κ2) is 9.83. The molecule has 0 saturated heterocycles. The fourth-order valence-corrected chi connectivity index (χ4v) is 3.10. The third-order valence-electron chi connectivity index (χ3n) is 4.64. The van der Waals surface area contributed by atoms with Crippen molar-refractivity contribution in [1.82, 2.24) is 15.3 Å². The molecule has 7 N–H and O–H groups in total. The van der Waals surface area contributed by atoms with Crippen LogP contribution in [0.1, 0.15) is 50.2 Å². The molecule has 154 valence electrons. The summed E-state index contributed by atoms with van der Waals surface area (Å²) >= 11 is 0. The number of carboxylic acids is 2. The molecule has 0 aliphatic carbocycles. The second-order valence-corrected chi connectivity index (χ2v) is 6.75. The molecule has 0 fully saturated rings. The highest BCUT2D eigenvalue weighted by atomic mass is 16.4. The van der Waals surface area contributed by atoms with Crippen LogP contribution in [-0.4, -0.2) is 55.7 Å². The van der Waals surface area contributed by atoms with Crippen molar-refractivity contribution in [2.45, 2.75) is 50.7 Å². The van der Waals surface area contributed by atoms with E-state index in [0.717, 1.165) is 0 Å². The standard InChI is InChI=1S/C17H25N5O6/c18-17-20-8-10-14(26)9(7-19-15(10)22-17)3-1-2-4-12(23)21-11(16(27)28)5-6-13(24)25/h8-9,11,14,26H,1-7H2,(H,21,23)(H,24,25)(H,27,28)(H3,18,19,20,22)/t9?,11-,14+/m0/s1. The zero-order valence-corrected chi connectivity index (χ0v) is 15.3. The number of hydrogen-bond donors (Lipinski definition) is 6. The van der Waals surface area contributed by atoms with Gasteiger partial charge in [-0.15, -0.1) is 0 Å². The average Bonchev–Trinajstić information content (AvgIpc) is 2.63. The highest BCUT2D eigenvalue weighted by Crippen LogP contribution is 2.34. The van der Waals surface area contributed by atoms with Crippen molar-refractivity contribution in [3.8, 4) is 0 Å². The first-order chi connectivity index (χ1) is 13.3. The van der Waals surface area contributed by atoms with Crippen LogP contribution in [0.5, 0.6) is 0 Å². The second-order valence-electron chi connectivity index (χ2n) is 6.75. The lowest BCUT2D eigenvalue weighted by molar-refractivity contribution is -0.143. The summed E-state index contributed by atoms with van der Waals surface area (Å²) in [4.78, 5) is 41.5. The van der Waals surface area contributed by atoms with E-state index in [1.165, 1.54) is 6.20 Å². The van der Waals surface area contributed by atoms with E-state index in [4.69, 9.17) is 15.9 Å². The van der Waals surface area contributed by atoms with Crippen molar-refractivity contribution >= 4 is 29.6 Å². The monoisotopic (exact) mass is 395 g/mol. The van der Waals surface area contributed by atoms with Crippen molar-refractivity contribution in [1.29, 1.82) is 0 Å². The maximum Gasteiger partial charge on any atom is 0.326 e. The van der Waals surface area contributed by atoms with Crippen LogP contribution in [0.4, 0.5) is 11.8 Å². The lowest BCUT2D eigenvalue weighted by Gasteiger charge is -2.30. The van der Waals surface area contributed by atoms with Crippen LogP contribution >= 0.6 is 0 Å². The number of nitrogens with two attached hydrogens (primary N) is 1. The Morgan fingerprint density at radius 3 is 2.71 bits per heavy atom. The molecular formula is C17H25N5O6. The van der Waals surface area contributed by atoms with Crippen molar-refractivity contribution in [3.05, 3.63) is 11.8 Å². The Balaban J connectivity index is 1.73. The number of nitrogens with zero attached hydrogens (tertiary/aromatic N) is 2. The Bertz CT molecular complexity index is 728. The van der Waals surface area contributed by atoms with Crippen molar-refractivity contribution in [3.63, 3.8) is 0 Å². The molecule has 2 rings (SSSR count). The van der Waals surface area contributed by atoms with Crippen molar-refractivity contribution in [2.24, 2.45) is 5.92 Å². The summed E-state index contributed by atoms with van der Waals surface area (Å²) in [5.74, 6) is -2.22. The largest absolute Gasteiger partial charge is 0.481 e. The van der Waals surface area contributed by atoms with Gasteiger partial charge in [0.1, 0.15) is 11.9 Å². The van der Waals surface area contributed by atoms with E-state index in [0.29, 0.717) is 37.2 Å². The van der Waals surface area contributed by atoms with Crippen molar-refractivity contribution in [2.75, 3.05) is 17.6 Å². The van der Waals surface area contributed by atoms with Gasteiger partial charge in [0.2, 0.25) is 11.9 Å². The van der Waals surface area contributed by atoms with Crippen LogP contribution in [0.2, 0.25) is 0 Å². The Morgan fingerprint density at radius 1 is 1.29 bits per heavy atom. The first-order valence-corrected chi connectivity index (χ1v) is 9.06. The first kappa shape index (κ1) is 21.4. The van der Waals surface area contributed by atoms with Gasteiger partial charge in [0, 0.05) is 37.1 Å². The molecule has 1 unspecified atom stereocenters. The third kappa shape index (κ3) is 6.05. The number of carboxylic acid groups (broad SMARTS) is 2. The number of anilines is 2. The number of aliphatic hydroxyl groups excluding tert-OH is 1. The minimum Gasteiger partial charge on any atom is -0.481 e. The summed E-state index contributed by atoms with van der Waals surface area (Å²) < 4.78 is 0. The zero-order chi connectivity index (χ0) is 20.7. The van der Waals surface area contributed by atoms with Gasteiger partial charge < -0.3 is 31.7 Å². The van der Waals surface area contributed by atoms with E-state index in [-0.39, 0.29) is 31.1 Å². The molecule has 11 heteroatoms. The molecule has 11 nitrogen and oxygen atoms in total. The van der Waals surface area contributed by atoms with E-state index in [9.17, 15) is 19.5 Å². The van der Waals surface area contributed by atoms with E-state index >= 15 is 0 Å². The lowest BCUT2D eigenvalue weighted by Crippen LogP contribution is -2.41.